The largest absolute Gasteiger partial charge is 0.326 e. The Balaban J connectivity index is 2.44. The van der Waals surface area contributed by atoms with Crippen LogP contribution in [0.3, 0.4) is 0 Å². The fourth-order valence-electron chi connectivity index (χ4n) is 2.03. The molecule has 0 aromatic heterocycles. The number of sulfonamides is 1. The van der Waals surface area contributed by atoms with E-state index in [1.54, 1.807) is 7.05 Å². The van der Waals surface area contributed by atoms with E-state index in [-0.39, 0.29) is 22.5 Å². The molecule has 1 aliphatic rings. The highest BCUT2D eigenvalue weighted by Crippen LogP contribution is 2.33. The van der Waals surface area contributed by atoms with Crippen LogP contribution in [0.2, 0.25) is 10.0 Å². The van der Waals surface area contributed by atoms with Gasteiger partial charge in [-0.3, -0.25) is 0 Å². The summed E-state index contributed by atoms with van der Waals surface area (Å²) in [7, 11) is -2.00. The van der Waals surface area contributed by atoms with Gasteiger partial charge in [0.2, 0.25) is 10.0 Å². The summed E-state index contributed by atoms with van der Waals surface area (Å²) in [5.74, 6) is 0. The van der Waals surface area contributed by atoms with Crippen molar-refractivity contribution in [3.8, 4) is 0 Å². The van der Waals surface area contributed by atoms with Crippen molar-refractivity contribution >= 4 is 33.2 Å². The Morgan fingerprint density at radius 1 is 1.32 bits per heavy atom. The summed E-state index contributed by atoms with van der Waals surface area (Å²) < 4.78 is 26.4. The fourth-order valence-corrected chi connectivity index (χ4v) is 4.29. The van der Waals surface area contributed by atoms with Gasteiger partial charge in [-0.25, -0.2) is 8.42 Å². The van der Waals surface area contributed by atoms with Gasteiger partial charge in [-0.15, -0.1) is 0 Å². The van der Waals surface area contributed by atoms with Crippen LogP contribution in [0.4, 0.5) is 0 Å². The van der Waals surface area contributed by atoms with Gasteiger partial charge < -0.3 is 5.73 Å². The summed E-state index contributed by atoms with van der Waals surface area (Å²) >= 11 is 12.0. The predicted octanol–water partition coefficient (Wildman–Crippen LogP) is 2.63. The summed E-state index contributed by atoms with van der Waals surface area (Å²) in [6.07, 6.45) is 2.85. The van der Waals surface area contributed by atoms with Crippen LogP contribution in [-0.2, 0) is 16.6 Å². The molecule has 1 fully saturated rings. The third-order valence-corrected chi connectivity index (χ3v) is 6.29. The lowest BCUT2D eigenvalue weighted by Gasteiger charge is -2.34. The average Bonchev–Trinajstić information content (AvgIpc) is 2.26. The van der Waals surface area contributed by atoms with Crippen molar-refractivity contribution in [1.29, 1.82) is 0 Å². The van der Waals surface area contributed by atoms with E-state index in [2.05, 4.69) is 0 Å². The van der Waals surface area contributed by atoms with Crippen molar-refractivity contribution in [2.45, 2.75) is 36.7 Å². The molecule has 0 heterocycles. The molecule has 4 nitrogen and oxygen atoms in total. The van der Waals surface area contributed by atoms with Crippen molar-refractivity contribution < 1.29 is 8.42 Å². The quantitative estimate of drug-likeness (QED) is 0.926. The molecule has 19 heavy (non-hydrogen) atoms. The van der Waals surface area contributed by atoms with Crippen LogP contribution in [0, 0.1) is 0 Å². The Morgan fingerprint density at radius 2 is 1.95 bits per heavy atom. The minimum atomic E-state index is -3.59. The van der Waals surface area contributed by atoms with E-state index >= 15 is 0 Å². The van der Waals surface area contributed by atoms with Crippen LogP contribution in [0.5, 0.6) is 0 Å². The Morgan fingerprint density at radius 3 is 2.42 bits per heavy atom. The first kappa shape index (κ1) is 15.1. The van der Waals surface area contributed by atoms with Gasteiger partial charge in [0.15, 0.2) is 0 Å². The van der Waals surface area contributed by atoms with E-state index in [1.165, 1.54) is 16.4 Å². The molecule has 0 spiro atoms. The van der Waals surface area contributed by atoms with E-state index in [1.807, 2.05) is 0 Å². The Labute approximate surface area is 123 Å². The second-order valence-corrected chi connectivity index (χ2v) is 7.46. The molecule has 0 atom stereocenters. The highest BCUT2D eigenvalue weighted by Gasteiger charge is 2.33. The molecule has 0 radical (unpaired) electrons. The molecule has 2 rings (SSSR count). The van der Waals surface area contributed by atoms with Crippen molar-refractivity contribution in [3.05, 3.63) is 27.7 Å². The summed E-state index contributed by atoms with van der Waals surface area (Å²) in [6, 6.07) is 2.97. The smallest absolute Gasteiger partial charge is 0.244 e. The van der Waals surface area contributed by atoms with Crippen molar-refractivity contribution in [2.75, 3.05) is 7.05 Å². The summed E-state index contributed by atoms with van der Waals surface area (Å²) in [6.45, 7) is 0.172. The van der Waals surface area contributed by atoms with E-state index in [9.17, 15) is 8.42 Å². The predicted molar refractivity (Wildman–Crippen MR) is 76.9 cm³/mol. The van der Waals surface area contributed by atoms with Crippen LogP contribution in [-0.4, -0.2) is 25.8 Å². The Bertz CT molecular complexity index is 586. The van der Waals surface area contributed by atoms with Crippen molar-refractivity contribution in [1.82, 2.24) is 4.31 Å². The van der Waals surface area contributed by atoms with Crippen molar-refractivity contribution in [2.24, 2.45) is 5.73 Å². The van der Waals surface area contributed by atoms with Crippen LogP contribution < -0.4 is 5.73 Å². The van der Waals surface area contributed by atoms with Gasteiger partial charge in [0.25, 0.3) is 0 Å². The third-order valence-electron chi connectivity index (χ3n) is 3.57. The zero-order valence-corrected chi connectivity index (χ0v) is 12.9. The highest BCUT2D eigenvalue weighted by atomic mass is 35.5. The SMILES string of the molecule is CN(C1CCC1)S(=O)(=O)c1cc(CN)c(Cl)cc1Cl. The van der Waals surface area contributed by atoms with Crippen LogP contribution >= 0.6 is 23.2 Å². The summed E-state index contributed by atoms with van der Waals surface area (Å²) in [5.41, 5.74) is 6.13. The molecular formula is C12H16Cl2N2O2S. The number of nitrogens with zero attached hydrogens (tertiary/aromatic N) is 1. The molecule has 2 N–H and O–H groups in total. The maximum absolute atomic E-state index is 12.5. The van der Waals surface area contributed by atoms with Crippen molar-refractivity contribution in [3.63, 3.8) is 0 Å². The molecule has 0 unspecified atom stereocenters. The number of rotatable bonds is 4. The highest BCUT2D eigenvalue weighted by molar-refractivity contribution is 7.89. The van der Waals surface area contributed by atoms with E-state index in [0.717, 1.165) is 19.3 Å². The van der Waals surface area contributed by atoms with Gasteiger partial charge >= 0.3 is 0 Å². The minimum absolute atomic E-state index is 0.0677. The van der Waals surface area contributed by atoms with E-state index in [4.69, 9.17) is 28.9 Å². The third kappa shape index (κ3) is 2.76. The molecule has 0 saturated heterocycles. The first-order valence-corrected chi connectivity index (χ1v) is 8.23. The second kappa shape index (κ2) is 5.58. The number of hydrogen-bond donors (Lipinski definition) is 1. The number of benzene rings is 1. The molecular weight excluding hydrogens is 307 g/mol. The zero-order chi connectivity index (χ0) is 14.2. The normalized spacial score (nSPS) is 16.7. The lowest BCUT2D eigenvalue weighted by molar-refractivity contribution is 0.249. The summed E-state index contributed by atoms with van der Waals surface area (Å²) in [4.78, 5) is 0.0772. The molecule has 1 aromatic carbocycles. The fraction of sp³-hybridized carbons (Fsp3) is 0.500. The maximum atomic E-state index is 12.5. The van der Waals surface area contributed by atoms with Gasteiger partial charge in [-0.05, 0) is 30.5 Å². The molecule has 1 aromatic rings. The molecule has 0 amide bonds. The van der Waals surface area contributed by atoms with Crippen LogP contribution in [0.25, 0.3) is 0 Å². The first-order valence-electron chi connectivity index (χ1n) is 6.04. The second-order valence-electron chi connectivity index (χ2n) is 4.68. The van der Waals surface area contributed by atoms with Gasteiger partial charge in [0.1, 0.15) is 4.90 Å². The topological polar surface area (TPSA) is 63.4 Å². The summed E-state index contributed by atoms with van der Waals surface area (Å²) in [5, 5.41) is 0.520. The molecule has 7 heteroatoms. The zero-order valence-electron chi connectivity index (χ0n) is 10.6. The maximum Gasteiger partial charge on any atom is 0.244 e. The van der Waals surface area contributed by atoms with Crippen LogP contribution in [0.15, 0.2) is 17.0 Å². The lowest BCUT2D eigenvalue weighted by Crippen LogP contribution is -2.41. The number of halogens is 2. The Kier molecular flexibility index (Phi) is 4.42. The van der Waals surface area contributed by atoms with E-state index < -0.39 is 10.0 Å². The van der Waals surface area contributed by atoms with Gasteiger partial charge in [-0.1, -0.05) is 29.6 Å². The van der Waals surface area contributed by atoms with E-state index in [0.29, 0.717) is 10.6 Å². The van der Waals surface area contributed by atoms with Gasteiger partial charge in [0.05, 0.1) is 5.02 Å². The monoisotopic (exact) mass is 322 g/mol. The molecule has 0 aliphatic heterocycles. The molecule has 0 bridgehead atoms. The van der Waals surface area contributed by atoms with Gasteiger partial charge in [-0.2, -0.15) is 4.31 Å². The lowest BCUT2D eigenvalue weighted by atomic mass is 9.94. The number of hydrogen-bond acceptors (Lipinski definition) is 3. The average molecular weight is 323 g/mol. The standard InChI is InChI=1S/C12H16Cl2N2O2S/c1-16(9-3-2-4-9)19(17,18)12-5-8(7-15)10(13)6-11(12)14/h5-6,9H,2-4,7,15H2,1H3. The first-order chi connectivity index (χ1) is 8.87. The number of nitrogens with two attached hydrogens (primary N) is 1. The molecule has 1 aliphatic carbocycles. The van der Waals surface area contributed by atoms with Gasteiger partial charge in [0, 0.05) is 24.7 Å². The minimum Gasteiger partial charge on any atom is -0.326 e. The molecule has 1 saturated carbocycles. The Hall–Kier alpha value is -0.330. The molecule has 106 valence electrons. The van der Waals surface area contributed by atoms with Crippen LogP contribution in [0.1, 0.15) is 24.8 Å².